The molecule has 1 unspecified atom stereocenters. The molecule has 1 N–H and O–H groups in total. The van der Waals surface area contributed by atoms with E-state index in [-0.39, 0.29) is 6.10 Å². The Morgan fingerprint density at radius 2 is 2.29 bits per heavy atom. The minimum absolute atomic E-state index is 0.179. The molecule has 17 heavy (non-hydrogen) atoms. The van der Waals surface area contributed by atoms with Crippen molar-refractivity contribution in [2.24, 2.45) is 0 Å². The molecule has 0 amide bonds. The molecule has 1 aromatic heterocycles. The molecule has 1 atom stereocenters. The molecule has 1 saturated carbocycles. The van der Waals surface area contributed by atoms with Crippen LogP contribution in [0.2, 0.25) is 0 Å². The van der Waals surface area contributed by atoms with Crippen LogP contribution in [0.3, 0.4) is 0 Å². The summed E-state index contributed by atoms with van der Waals surface area (Å²) in [5, 5.41) is 4.68. The van der Waals surface area contributed by atoms with Crippen molar-refractivity contribution in [3.63, 3.8) is 0 Å². The summed E-state index contributed by atoms with van der Waals surface area (Å²) in [6.07, 6.45) is 5.03. The third-order valence-corrected chi connectivity index (χ3v) is 4.40. The predicted molar refractivity (Wildman–Crippen MR) is 71.4 cm³/mol. The number of hydrogen-bond donors (Lipinski definition) is 1. The lowest BCUT2D eigenvalue weighted by molar-refractivity contribution is 0.0947. The molecule has 2 rings (SSSR count). The quantitative estimate of drug-likeness (QED) is 0.811. The average Bonchev–Trinajstić information content (AvgIpc) is 3.08. The summed E-state index contributed by atoms with van der Waals surface area (Å²) in [6, 6.07) is 0.758. The summed E-state index contributed by atoms with van der Waals surface area (Å²) in [7, 11) is 1.78. The van der Waals surface area contributed by atoms with Crippen molar-refractivity contribution in [2.75, 3.05) is 7.11 Å². The predicted octanol–water partition coefficient (Wildman–Crippen LogP) is 3.19. The maximum absolute atomic E-state index is 5.51. The second kappa shape index (κ2) is 5.94. The zero-order chi connectivity index (χ0) is 12.3. The van der Waals surface area contributed by atoms with Gasteiger partial charge in [0, 0.05) is 24.6 Å². The van der Waals surface area contributed by atoms with Crippen molar-refractivity contribution in [3.05, 3.63) is 15.6 Å². The molecule has 0 bridgehead atoms. The fourth-order valence-corrected chi connectivity index (χ4v) is 3.01. The second-order valence-corrected chi connectivity index (χ2v) is 5.84. The maximum atomic E-state index is 5.51. The Balaban J connectivity index is 1.99. The fourth-order valence-electron chi connectivity index (χ4n) is 1.88. The van der Waals surface area contributed by atoms with Crippen LogP contribution < -0.4 is 5.32 Å². The third kappa shape index (κ3) is 3.50. The van der Waals surface area contributed by atoms with Crippen LogP contribution >= 0.6 is 11.3 Å². The summed E-state index contributed by atoms with van der Waals surface area (Å²) in [5.74, 6) is 0. The first-order valence-corrected chi connectivity index (χ1v) is 7.28. The van der Waals surface area contributed by atoms with E-state index < -0.39 is 0 Å². The number of nitrogens with zero attached hydrogens (tertiary/aromatic N) is 1. The van der Waals surface area contributed by atoms with Gasteiger partial charge in [-0.25, -0.2) is 4.98 Å². The van der Waals surface area contributed by atoms with Crippen LogP contribution in [0.4, 0.5) is 0 Å². The zero-order valence-electron chi connectivity index (χ0n) is 11.0. The minimum atomic E-state index is 0.179. The Labute approximate surface area is 108 Å². The normalized spacial score (nSPS) is 17.4. The molecule has 1 aromatic rings. The monoisotopic (exact) mass is 254 g/mol. The van der Waals surface area contributed by atoms with Crippen molar-refractivity contribution in [2.45, 2.75) is 58.2 Å². The first-order chi connectivity index (χ1) is 8.24. The van der Waals surface area contributed by atoms with Crippen LogP contribution in [0.5, 0.6) is 0 Å². The van der Waals surface area contributed by atoms with E-state index in [4.69, 9.17) is 4.74 Å². The van der Waals surface area contributed by atoms with Gasteiger partial charge in [0.15, 0.2) is 0 Å². The third-order valence-electron chi connectivity index (χ3n) is 3.15. The van der Waals surface area contributed by atoms with E-state index in [1.54, 1.807) is 18.4 Å². The van der Waals surface area contributed by atoms with Crippen LogP contribution in [0.15, 0.2) is 0 Å². The van der Waals surface area contributed by atoms with E-state index in [9.17, 15) is 0 Å². The number of ether oxygens (including phenoxy) is 1. The second-order valence-electron chi connectivity index (χ2n) is 4.73. The van der Waals surface area contributed by atoms with Gasteiger partial charge in [0.1, 0.15) is 11.1 Å². The average molecular weight is 254 g/mol. The van der Waals surface area contributed by atoms with E-state index in [0.717, 1.165) is 36.1 Å². The minimum Gasteiger partial charge on any atom is -0.374 e. The Hall–Kier alpha value is -0.450. The Morgan fingerprint density at radius 1 is 1.53 bits per heavy atom. The smallest absolute Gasteiger partial charge is 0.122 e. The summed E-state index contributed by atoms with van der Waals surface area (Å²) < 4.78 is 5.51. The van der Waals surface area contributed by atoms with Crippen molar-refractivity contribution >= 4 is 11.3 Å². The van der Waals surface area contributed by atoms with Gasteiger partial charge in [-0.3, -0.25) is 0 Å². The number of rotatable bonds is 7. The highest BCUT2D eigenvalue weighted by Gasteiger charge is 2.22. The van der Waals surface area contributed by atoms with Crippen LogP contribution in [-0.2, 0) is 11.3 Å². The van der Waals surface area contributed by atoms with Crippen molar-refractivity contribution < 1.29 is 4.74 Å². The van der Waals surface area contributed by atoms with Crippen molar-refractivity contribution in [1.82, 2.24) is 10.3 Å². The van der Waals surface area contributed by atoms with Gasteiger partial charge in [0.05, 0.1) is 5.69 Å². The standard InChI is InChI=1S/C13H22N2OS/c1-4-5-11(16-3)13-15-9(2)12(17-13)8-14-10-6-7-10/h10-11,14H,4-8H2,1-3H3. The van der Waals surface area contributed by atoms with Crippen molar-refractivity contribution in [3.8, 4) is 0 Å². The molecule has 0 saturated heterocycles. The van der Waals surface area contributed by atoms with Crippen LogP contribution in [0.1, 0.15) is 54.3 Å². The van der Waals surface area contributed by atoms with Gasteiger partial charge < -0.3 is 10.1 Å². The number of thiazole rings is 1. The summed E-state index contributed by atoms with van der Waals surface area (Å²) in [4.78, 5) is 6.02. The summed E-state index contributed by atoms with van der Waals surface area (Å²) in [5.41, 5.74) is 1.16. The van der Waals surface area contributed by atoms with Gasteiger partial charge >= 0.3 is 0 Å². The zero-order valence-corrected chi connectivity index (χ0v) is 11.8. The van der Waals surface area contributed by atoms with E-state index in [0.29, 0.717) is 0 Å². The number of hydrogen-bond acceptors (Lipinski definition) is 4. The first kappa shape index (κ1) is 13.0. The number of aryl methyl sites for hydroxylation is 1. The van der Waals surface area contributed by atoms with Gasteiger partial charge in [-0.15, -0.1) is 11.3 Å². The Morgan fingerprint density at radius 3 is 2.88 bits per heavy atom. The summed E-state index contributed by atoms with van der Waals surface area (Å²) >= 11 is 1.80. The molecule has 1 aliphatic carbocycles. The number of nitrogens with one attached hydrogen (secondary N) is 1. The topological polar surface area (TPSA) is 34.1 Å². The van der Waals surface area contributed by atoms with E-state index >= 15 is 0 Å². The molecule has 96 valence electrons. The molecule has 1 heterocycles. The first-order valence-electron chi connectivity index (χ1n) is 6.47. The molecular formula is C13H22N2OS. The highest BCUT2D eigenvalue weighted by molar-refractivity contribution is 7.11. The Bertz CT molecular complexity index is 360. The van der Waals surface area contributed by atoms with Gasteiger partial charge in [0.2, 0.25) is 0 Å². The van der Waals surface area contributed by atoms with E-state index in [1.165, 1.54) is 17.7 Å². The van der Waals surface area contributed by atoms with Crippen LogP contribution in [0.25, 0.3) is 0 Å². The molecule has 0 spiro atoms. The molecule has 0 aliphatic heterocycles. The lowest BCUT2D eigenvalue weighted by Gasteiger charge is -2.10. The molecule has 0 radical (unpaired) electrons. The summed E-state index contributed by atoms with van der Waals surface area (Å²) in [6.45, 7) is 5.25. The van der Waals surface area contributed by atoms with Gasteiger partial charge in [-0.05, 0) is 26.2 Å². The Kier molecular flexibility index (Phi) is 4.54. The molecule has 4 heteroatoms. The lowest BCUT2D eigenvalue weighted by Crippen LogP contribution is -2.14. The SMILES string of the molecule is CCCC(OC)c1nc(C)c(CNC2CC2)s1. The largest absolute Gasteiger partial charge is 0.374 e. The fraction of sp³-hybridized carbons (Fsp3) is 0.769. The molecule has 0 aromatic carbocycles. The van der Waals surface area contributed by atoms with Crippen LogP contribution in [0, 0.1) is 6.92 Å². The van der Waals surface area contributed by atoms with E-state index in [1.807, 2.05) is 0 Å². The van der Waals surface area contributed by atoms with Gasteiger partial charge in [-0.2, -0.15) is 0 Å². The van der Waals surface area contributed by atoms with Crippen molar-refractivity contribution in [1.29, 1.82) is 0 Å². The molecular weight excluding hydrogens is 232 g/mol. The molecule has 3 nitrogen and oxygen atoms in total. The molecule has 1 aliphatic rings. The highest BCUT2D eigenvalue weighted by atomic mass is 32.1. The highest BCUT2D eigenvalue weighted by Crippen LogP contribution is 2.29. The number of aromatic nitrogens is 1. The van der Waals surface area contributed by atoms with Crippen LogP contribution in [-0.4, -0.2) is 18.1 Å². The molecule has 1 fully saturated rings. The number of methoxy groups -OCH3 is 1. The van der Waals surface area contributed by atoms with E-state index in [2.05, 4.69) is 24.1 Å². The van der Waals surface area contributed by atoms with Gasteiger partial charge in [0.25, 0.3) is 0 Å². The lowest BCUT2D eigenvalue weighted by atomic mass is 10.2. The maximum Gasteiger partial charge on any atom is 0.122 e. The van der Waals surface area contributed by atoms with Gasteiger partial charge in [-0.1, -0.05) is 13.3 Å².